The van der Waals surface area contributed by atoms with Crippen LogP contribution in [0, 0.1) is 46.3 Å². The first-order valence-corrected chi connectivity index (χ1v) is 18.5. The van der Waals surface area contributed by atoms with E-state index in [0.717, 1.165) is 45.1 Å². The Balaban J connectivity index is 0.995. The highest BCUT2D eigenvalue weighted by molar-refractivity contribution is 5.16. The number of aliphatic hydroxyl groups excluding tert-OH is 1. The van der Waals surface area contributed by atoms with Crippen molar-refractivity contribution in [3.05, 3.63) is 0 Å². The van der Waals surface area contributed by atoms with Crippen LogP contribution in [0.2, 0.25) is 0 Å². The summed E-state index contributed by atoms with van der Waals surface area (Å²) in [6.45, 7) is 17.8. The fourth-order valence-corrected chi connectivity index (χ4v) is 12.7. The van der Waals surface area contributed by atoms with Crippen molar-refractivity contribution in [1.29, 1.82) is 0 Å². The topological polar surface area (TPSA) is 88.1 Å². The Morgan fingerprint density at radius 1 is 0.844 bits per heavy atom. The number of epoxide rings is 1. The summed E-state index contributed by atoms with van der Waals surface area (Å²) in [4.78, 5) is 0. The Labute approximate surface area is 270 Å². The lowest BCUT2D eigenvalue weighted by molar-refractivity contribution is -0.301. The van der Waals surface area contributed by atoms with Crippen molar-refractivity contribution in [3.63, 3.8) is 0 Å². The third-order valence-electron chi connectivity index (χ3n) is 14.7. The van der Waals surface area contributed by atoms with Gasteiger partial charge in [0, 0.05) is 18.9 Å². The molecule has 8 heteroatoms. The van der Waals surface area contributed by atoms with Crippen LogP contribution in [0.5, 0.6) is 0 Å². The minimum absolute atomic E-state index is 0.0887. The highest BCUT2D eigenvalue weighted by Crippen LogP contribution is 2.71. The second kappa shape index (κ2) is 10.8. The normalized spacial score (nSPS) is 51.2. The van der Waals surface area contributed by atoms with Crippen molar-refractivity contribution >= 4 is 0 Å². The van der Waals surface area contributed by atoms with E-state index in [2.05, 4.69) is 48.5 Å². The monoisotopic (exact) mass is 632 g/mol. The molecule has 4 aliphatic carbocycles. The molecular formula is C37H60O8. The average Bonchev–Trinajstić information content (AvgIpc) is 3.40. The fraction of sp³-hybridized carbons (Fsp3) is 1.00. The van der Waals surface area contributed by atoms with Gasteiger partial charge in [-0.05, 0) is 126 Å². The maximum atomic E-state index is 11.8. The van der Waals surface area contributed by atoms with Crippen molar-refractivity contribution in [2.45, 2.75) is 167 Å². The molecular weight excluding hydrogens is 572 g/mol. The molecule has 4 aliphatic heterocycles. The van der Waals surface area contributed by atoms with Gasteiger partial charge in [-0.1, -0.05) is 20.8 Å². The third-order valence-corrected chi connectivity index (χ3v) is 14.7. The summed E-state index contributed by atoms with van der Waals surface area (Å²) in [6, 6.07) is 0. The molecule has 0 unspecified atom stereocenters. The van der Waals surface area contributed by atoms with Crippen LogP contribution < -0.4 is 0 Å². The van der Waals surface area contributed by atoms with E-state index in [1.807, 2.05) is 0 Å². The van der Waals surface area contributed by atoms with Gasteiger partial charge in [0.25, 0.3) is 0 Å². The molecule has 1 N–H and O–H groups in total. The van der Waals surface area contributed by atoms with Crippen molar-refractivity contribution in [3.8, 4) is 0 Å². The standard InChI is InChI=1S/C37H60O8/c1-21(30(38)31-32(42-31)33(2,3)45-29-10-8-9-15-39-29)23-11-12-24-22-19-37(40-16-17-41-37)28-18-26-27(44-34(4,5)43-26)20-36(28,7)25(22)13-14-35(23,24)6/h21-32,38H,8-20H2,1-7H3/t21-,22-,23+,24-,25-,26-,27+,28-,29+,30+,31-,32+,35+,36+/m0/s1. The number of rotatable bonds is 6. The zero-order chi connectivity index (χ0) is 31.6. The predicted molar refractivity (Wildman–Crippen MR) is 167 cm³/mol. The lowest BCUT2D eigenvalue weighted by atomic mass is 9.42. The van der Waals surface area contributed by atoms with Crippen LogP contribution in [-0.2, 0) is 33.2 Å². The predicted octanol–water partition coefficient (Wildman–Crippen LogP) is 6.21. The summed E-state index contributed by atoms with van der Waals surface area (Å²) in [7, 11) is 0. The van der Waals surface area contributed by atoms with Gasteiger partial charge in [-0.3, -0.25) is 0 Å². The van der Waals surface area contributed by atoms with Gasteiger partial charge >= 0.3 is 0 Å². The molecule has 0 amide bonds. The molecule has 4 heterocycles. The number of hydrogen-bond acceptors (Lipinski definition) is 8. The van der Waals surface area contributed by atoms with E-state index >= 15 is 0 Å². The van der Waals surface area contributed by atoms with Gasteiger partial charge in [0.15, 0.2) is 17.9 Å². The van der Waals surface area contributed by atoms with Crippen molar-refractivity contribution in [2.24, 2.45) is 46.3 Å². The van der Waals surface area contributed by atoms with E-state index in [4.69, 9.17) is 33.2 Å². The Bertz CT molecular complexity index is 1110. The Morgan fingerprint density at radius 2 is 1.58 bits per heavy atom. The first-order chi connectivity index (χ1) is 21.3. The molecule has 8 aliphatic rings. The van der Waals surface area contributed by atoms with Crippen LogP contribution in [0.25, 0.3) is 0 Å². The van der Waals surface area contributed by atoms with E-state index in [1.54, 1.807) is 0 Å². The van der Waals surface area contributed by atoms with E-state index in [9.17, 15) is 5.11 Å². The summed E-state index contributed by atoms with van der Waals surface area (Å²) in [5.74, 6) is 1.69. The zero-order valence-electron chi connectivity index (χ0n) is 28.9. The van der Waals surface area contributed by atoms with Crippen molar-refractivity contribution in [1.82, 2.24) is 0 Å². The van der Waals surface area contributed by atoms with Gasteiger partial charge in [-0.15, -0.1) is 0 Å². The van der Waals surface area contributed by atoms with E-state index in [0.29, 0.717) is 42.8 Å². The Morgan fingerprint density at radius 3 is 2.31 bits per heavy atom. The van der Waals surface area contributed by atoms with Crippen LogP contribution in [0.4, 0.5) is 0 Å². The summed E-state index contributed by atoms with van der Waals surface area (Å²) >= 11 is 0. The molecule has 4 saturated carbocycles. The molecule has 0 aromatic carbocycles. The van der Waals surface area contributed by atoms with Gasteiger partial charge in [0.1, 0.15) is 12.2 Å². The highest BCUT2D eigenvalue weighted by atomic mass is 16.8. The molecule has 0 radical (unpaired) electrons. The molecule has 1 spiro atoms. The van der Waals surface area contributed by atoms with E-state index in [-0.39, 0.29) is 47.5 Å². The minimum Gasteiger partial charge on any atom is -0.390 e. The molecule has 45 heavy (non-hydrogen) atoms. The van der Waals surface area contributed by atoms with Gasteiger partial charge in [0.2, 0.25) is 0 Å². The van der Waals surface area contributed by atoms with Crippen LogP contribution in [-0.4, -0.2) is 78.9 Å². The smallest absolute Gasteiger partial charge is 0.172 e. The summed E-state index contributed by atoms with van der Waals surface area (Å²) in [6.07, 6.45) is 10.3. The van der Waals surface area contributed by atoms with Gasteiger partial charge in [-0.2, -0.15) is 0 Å². The van der Waals surface area contributed by atoms with Crippen molar-refractivity contribution < 1.29 is 38.3 Å². The van der Waals surface area contributed by atoms with E-state index < -0.39 is 23.3 Å². The first kappa shape index (κ1) is 31.9. The van der Waals surface area contributed by atoms with Gasteiger partial charge in [-0.25, -0.2) is 0 Å². The van der Waals surface area contributed by atoms with Crippen molar-refractivity contribution in [2.75, 3.05) is 19.8 Å². The molecule has 0 aromatic rings. The molecule has 4 saturated heterocycles. The molecule has 256 valence electrons. The number of fused-ring (bicyclic) bond motifs is 7. The zero-order valence-corrected chi connectivity index (χ0v) is 28.9. The van der Waals surface area contributed by atoms with E-state index in [1.165, 1.54) is 25.7 Å². The van der Waals surface area contributed by atoms with Gasteiger partial charge < -0.3 is 38.3 Å². The molecule has 14 atom stereocenters. The Kier molecular flexibility index (Phi) is 7.69. The Hall–Kier alpha value is -0.320. The summed E-state index contributed by atoms with van der Waals surface area (Å²) in [5.41, 5.74) is -0.214. The number of ether oxygens (including phenoxy) is 7. The maximum Gasteiger partial charge on any atom is 0.172 e. The first-order valence-electron chi connectivity index (χ1n) is 18.5. The maximum absolute atomic E-state index is 11.8. The third kappa shape index (κ3) is 5.04. The summed E-state index contributed by atoms with van der Waals surface area (Å²) in [5, 5.41) is 11.8. The average molecular weight is 633 g/mol. The van der Waals surface area contributed by atoms with Crippen LogP contribution in [0.1, 0.15) is 113 Å². The minimum atomic E-state index is -0.529. The molecule has 8 fully saturated rings. The van der Waals surface area contributed by atoms with Crippen LogP contribution >= 0.6 is 0 Å². The fourth-order valence-electron chi connectivity index (χ4n) is 12.7. The molecule has 8 nitrogen and oxygen atoms in total. The second-order valence-corrected chi connectivity index (χ2v) is 17.9. The van der Waals surface area contributed by atoms with Crippen LogP contribution in [0.15, 0.2) is 0 Å². The lowest BCUT2D eigenvalue weighted by Gasteiger charge is -2.65. The molecule has 8 rings (SSSR count). The quantitative estimate of drug-likeness (QED) is 0.346. The molecule has 0 bridgehead atoms. The van der Waals surface area contributed by atoms with Crippen LogP contribution in [0.3, 0.4) is 0 Å². The second-order valence-electron chi connectivity index (χ2n) is 17.9. The van der Waals surface area contributed by atoms with Gasteiger partial charge in [0.05, 0.1) is 37.1 Å². The highest BCUT2D eigenvalue weighted by Gasteiger charge is 2.70. The largest absolute Gasteiger partial charge is 0.390 e. The molecule has 0 aromatic heterocycles. The lowest BCUT2D eigenvalue weighted by Crippen LogP contribution is -2.65. The summed E-state index contributed by atoms with van der Waals surface area (Å²) < 4.78 is 44.8. The number of hydrogen-bond donors (Lipinski definition) is 1. The number of aliphatic hydroxyl groups is 1. The SMILES string of the molecule is C[C@H]([C@@H](O)[C@@H]1O[C@H]1C(C)(C)O[C@@H]1CCCCO1)[C@H]1CC[C@H]2[C@@H]3CC4(OCCO4)[C@H]4C[C@@H]5OC(C)(C)O[C@@H]5C[C@]4(C)[C@H]3CC[C@]12C.